The Bertz CT molecular complexity index is 286. The van der Waals surface area contributed by atoms with Crippen molar-refractivity contribution < 1.29 is 19.4 Å². The zero-order valence-electron chi connectivity index (χ0n) is 8.81. The summed E-state index contributed by atoms with van der Waals surface area (Å²) >= 11 is 0. The Morgan fingerprint density at radius 1 is 1.47 bits per heavy atom. The topological polar surface area (TPSA) is 63.6 Å². The summed E-state index contributed by atoms with van der Waals surface area (Å²) in [5, 5.41) is 9.05. The van der Waals surface area contributed by atoms with Gasteiger partial charge in [-0.05, 0) is 18.8 Å². The lowest BCUT2D eigenvalue weighted by atomic mass is 9.72. The predicted octanol–water partition coefficient (Wildman–Crippen LogP) is 1.44. The molecule has 0 radical (unpaired) electrons. The number of carbonyl (C=O) groups is 2. The van der Waals surface area contributed by atoms with E-state index in [4.69, 9.17) is 9.84 Å². The molecule has 1 aliphatic carbocycles. The predicted molar refractivity (Wildman–Crippen MR) is 52.1 cm³/mol. The third-order valence-corrected chi connectivity index (χ3v) is 3.61. The van der Waals surface area contributed by atoms with Gasteiger partial charge in [-0.1, -0.05) is 13.3 Å². The molecule has 0 bridgehead atoms. The zero-order chi connectivity index (χ0) is 11.0. The third-order valence-electron chi connectivity index (χ3n) is 3.61. The average molecular weight is 212 g/mol. The summed E-state index contributed by atoms with van der Waals surface area (Å²) in [4.78, 5) is 22.3. The highest BCUT2D eigenvalue weighted by Gasteiger charge is 2.44. The van der Waals surface area contributed by atoms with E-state index in [-0.39, 0.29) is 24.4 Å². The number of hydrogen-bond donors (Lipinski definition) is 1. The van der Waals surface area contributed by atoms with E-state index < -0.39 is 11.9 Å². The van der Waals surface area contributed by atoms with Crippen molar-refractivity contribution in [2.24, 2.45) is 17.8 Å². The van der Waals surface area contributed by atoms with Gasteiger partial charge in [0.2, 0.25) is 0 Å². The van der Waals surface area contributed by atoms with E-state index in [0.717, 1.165) is 19.3 Å². The van der Waals surface area contributed by atoms with E-state index in [2.05, 4.69) is 6.92 Å². The standard InChI is InChI=1S/C11H16O4/c1-6-2-3-7-8(11(13)14)5-10(12)15-9(7)4-6/h6-9H,2-5H2,1H3,(H,13,14)/t6-,7+,8-,9+/m0/s1. The molecule has 0 aromatic heterocycles. The van der Waals surface area contributed by atoms with Crippen molar-refractivity contribution >= 4 is 11.9 Å². The molecule has 1 saturated heterocycles. The summed E-state index contributed by atoms with van der Waals surface area (Å²) in [6.07, 6.45) is 2.63. The summed E-state index contributed by atoms with van der Waals surface area (Å²) in [5.41, 5.74) is 0. The minimum Gasteiger partial charge on any atom is -0.481 e. The van der Waals surface area contributed by atoms with Crippen LogP contribution in [0.3, 0.4) is 0 Å². The maximum Gasteiger partial charge on any atom is 0.307 e. The number of carboxylic acids is 1. The second kappa shape index (κ2) is 3.83. The molecule has 1 aliphatic heterocycles. The van der Waals surface area contributed by atoms with Crippen LogP contribution in [0.25, 0.3) is 0 Å². The lowest BCUT2D eigenvalue weighted by Crippen LogP contribution is -2.45. The number of esters is 1. The lowest BCUT2D eigenvalue weighted by molar-refractivity contribution is -0.176. The molecule has 0 unspecified atom stereocenters. The van der Waals surface area contributed by atoms with E-state index in [9.17, 15) is 9.59 Å². The van der Waals surface area contributed by atoms with Crippen molar-refractivity contribution in [3.05, 3.63) is 0 Å². The van der Waals surface area contributed by atoms with Crippen molar-refractivity contribution in [1.82, 2.24) is 0 Å². The van der Waals surface area contributed by atoms with Crippen molar-refractivity contribution in [2.45, 2.75) is 38.7 Å². The summed E-state index contributed by atoms with van der Waals surface area (Å²) in [6, 6.07) is 0. The first-order valence-electron chi connectivity index (χ1n) is 5.50. The SMILES string of the molecule is C[C@H]1CC[C@@H]2[C@@H](C(=O)O)CC(=O)O[C@@H]2C1. The maximum absolute atomic E-state index is 11.3. The lowest BCUT2D eigenvalue weighted by Gasteiger charge is -2.40. The molecule has 2 rings (SSSR count). The van der Waals surface area contributed by atoms with Crippen molar-refractivity contribution in [3.8, 4) is 0 Å². The smallest absolute Gasteiger partial charge is 0.307 e. The Labute approximate surface area is 88.6 Å². The average Bonchev–Trinajstić information content (AvgIpc) is 2.15. The van der Waals surface area contributed by atoms with Crippen LogP contribution in [0.1, 0.15) is 32.6 Å². The Balaban J connectivity index is 2.14. The fourth-order valence-electron chi connectivity index (χ4n) is 2.77. The largest absolute Gasteiger partial charge is 0.481 e. The van der Waals surface area contributed by atoms with E-state index in [0.29, 0.717) is 5.92 Å². The second-order valence-electron chi connectivity index (χ2n) is 4.76. The number of ether oxygens (including phenoxy) is 1. The molecular weight excluding hydrogens is 196 g/mol. The highest BCUT2D eigenvalue weighted by Crippen LogP contribution is 2.40. The van der Waals surface area contributed by atoms with E-state index in [1.165, 1.54) is 0 Å². The highest BCUT2D eigenvalue weighted by molar-refractivity contribution is 5.80. The van der Waals surface area contributed by atoms with E-state index in [1.807, 2.05) is 0 Å². The molecule has 0 aromatic carbocycles. The van der Waals surface area contributed by atoms with Crippen LogP contribution in [0.2, 0.25) is 0 Å². The molecule has 1 saturated carbocycles. The van der Waals surface area contributed by atoms with E-state index >= 15 is 0 Å². The first-order valence-corrected chi connectivity index (χ1v) is 5.50. The van der Waals surface area contributed by atoms with Crippen LogP contribution in [0.4, 0.5) is 0 Å². The molecule has 1 N–H and O–H groups in total. The minimum atomic E-state index is -0.851. The highest BCUT2D eigenvalue weighted by atomic mass is 16.5. The molecule has 4 nitrogen and oxygen atoms in total. The van der Waals surface area contributed by atoms with Gasteiger partial charge in [0.05, 0.1) is 12.3 Å². The molecule has 1 heterocycles. The number of carbonyl (C=O) groups excluding carboxylic acids is 1. The van der Waals surface area contributed by atoms with Gasteiger partial charge in [-0.25, -0.2) is 0 Å². The van der Waals surface area contributed by atoms with Crippen molar-refractivity contribution in [1.29, 1.82) is 0 Å². The molecule has 4 heteroatoms. The van der Waals surface area contributed by atoms with E-state index in [1.54, 1.807) is 0 Å². The number of rotatable bonds is 1. The Kier molecular flexibility index (Phi) is 2.67. The number of fused-ring (bicyclic) bond motifs is 1. The molecule has 84 valence electrons. The van der Waals surface area contributed by atoms with Crippen LogP contribution < -0.4 is 0 Å². The van der Waals surface area contributed by atoms with Crippen LogP contribution in [0.5, 0.6) is 0 Å². The molecule has 0 aromatic rings. The molecule has 0 spiro atoms. The monoisotopic (exact) mass is 212 g/mol. The van der Waals surface area contributed by atoms with Crippen LogP contribution in [0.15, 0.2) is 0 Å². The van der Waals surface area contributed by atoms with Crippen LogP contribution >= 0.6 is 0 Å². The van der Waals surface area contributed by atoms with Crippen LogP contribution in [-0.2, 0) is 14.3 Å². The van der Waals surface area contributed by atoms with Gasteiger partial charge in [-0.3, -0.25) is 9.59 Å². The van der Waals surface area contributed by atoms with Gasteiger partial charge < -0.3 is 9.84 Å². The third kappa shape index (κ3) is 1.98. The Morgan fingerprint density at radius 2 is 2.20 bits per heavy atom. The molecule has 2 fully saturated rings. The second-order valence-corrected chi connectivity index (χ2v) is 4.76. The Hall–Kier alpha value is -1.06. The van der Waals surface area contributed by atoms with Gasteiger partial charge in [0.15, 0.2) is 0 Å². The first-order chi connectivity index (χ1) is 7.08. The summed E-state index contributed by atoms with van der Waals surface area (Å²) in [7, 11) is 0. The van der Waals surface area contributed by atoms with Crippen LogP contribution in [-0.4, -0.2) is 23.1 Å². The molecular formula is C11H16O4. The number of aliphatic carboxylic acids is 1. The molecule has 4 atom stereocenters. The maximum atomic E-state index is 11.3. The van der Waals surface area contributed by atoms with Gasteiger partial charge in [0.25, 0.3) is 0 Å². The zero-order valence-corrected chi connectivity index (χ0v) is 8.81. The summed E-state index contributed by atoms with van der Waals surface area (Å²) in [6.45, 7) is 2.12. The molecule has 0 amide bonds. The van der Waals surface area contributed by atoms with Gasteiger partial charge in [-0.2, -0.15) is 0 Å². The fourth-order valence-corrected chi connectivity index (χ4v) is 2.77. The quantitative estimate of drug-likeness (QED) is 0.668. The number of carboxylic acid groups (broad SMARTS) is 1. The normalized spacial score (nSPS) is 40.5. The fraction of sp³-hybridized carbons (Fsp3) is 0.818. The molecule has 15 heavy (non-hydrogen) atoms. The summed E-state index contributed by atoms with van der Waals surface area (Å²) in [5.74, 6) is -1.15. The van der Waals surface area contributed by atoms with Gasteiger partial charge in [0, 0.05) is 5.92 Å². The Morgan fingerprint density at radius 3 is 2.87 bits per heavy atom. The number of hydrogen-bond acceptors (Lipinski definition) is 3. The van der Waals surface area contributed by atoms with Crippen molar-refractivity contribution in [3.63, 3.8) is 0 Å². The summed E-state index contributed by atoms with van der Waals surface area (Å²) < 4.78 is 5.24. The molecule has 2 aliphatic rings. The van der Waals surface area contributed by atoms with Crippen molar-refractivity contribution in [2.75, 3.05) is 0 Å². The van der Waals surface area contributed by atoms with Crippen LogP contribution in [0, 0.1) is 17.8 Å². The van der Waals surface area contributed by atoms with Gasteiger partial charge in [0.1, 0.15) is 6.10 Å². The first kappa shape index (κ1) is 10.5. The van der Waals surface area contributed by atoms with Gasteiger partial charge >= 0.3 is 11.9 Å². The van der Waals surface area contributed by atoms with Gasteiger partial charge in [-0.15, -0.1) is 0 Å². The minimum absolute atomic E-state index is 0.0383.